The molecule has 0 bridgehead atoms. The Morgan fingerprint density at radius 2 is 1.95 bits per heavy atom. The van der Waals surface area contributed by atoms with E-state index in [1.807, 2.05) is 48.9 Å². The second-order valence-corrected chi connectivity index (χ2v) is 4.86. The Morgan fingerprint density at radius 1 is 1.30 bits per heavy atom. The predicted octanol–water partition coefficient (Wildman–Crippen LogP) is 3.05. The standard InChI is InChI=1S/C16H20N2O2/c1-4-18-11-5-6-15(18)16(20)17(3)12(2)13-7-9-14(19)10-8-13/h5-12,19H,4H2,1-3H3. The molecule has 0 aliphatic heterocycles. The highest BCUT2D eigenvalue weighted by atomic mass is 16.3. The summed E-state index contributed by atoms with van der Waals surface area (Å²) in [7, 11) is 1.80. The van der Waals surface area contributed by atoms with Crippen LogP contribution in [-0.2, 0) is 6.54 Å². The zero-order valence-electron chi connectivity index (χ0n) is 12.1. The zero-order chi connectivity index (χ0) is 14.7. The number of aromatic nitrogens is 1. The molecule has 1 aromatic carbocycles. The molecule has 0 aliphatic carbocycles. The molecule has 1 N–H and O–H groups in total. The Morgan fingerprint density at radius 3 is 2.55 bits per heavy atom. The number of hydrogen-bond donors (Lipinski definition) is 1. The summed E-state index contributed by atoms with van der Waals surface area (Å²) in [6, 6.07) is 10.6. The maximum atomic E-state index is 12.5. The van der Waals surface area contributed by atoms with E-state index < -0.39 is 0 Å². The highest BCUT2D eigenvalue weighted by Gasteiger charge is 2.20. The van der Waals surface area contributed by atoms with Gasteiger partial charge in [0.1, 0.15) is 11.4 Å². The molecule has 0 fully saturated rings. The molecule has 4 heteroatoms. The van der Waals surface area contributed by atoms with Gasteiger partial charge in [0.2, 0.25) is 0 Å². The van der Waals surface area contributed by atoms with Gasteiger partial charge in [-0.15, -0.1) is 0 Å². The van der Waals surface area contributed by atoms with Gasteiger partial charge in [-0.2, -0.15) is 0 Å². The van der Waals surface area contributed by atoms with Crippen LogP contribution in [0.25, 0.3) is 0 Å². The maximum Gasteiger partial charge on any atom is 0.270 e. The fourth-order valence-corrected chi connectivity index (χ4v) is 2.22. The number of rotatable bonds is 4. The van der Waals surface area contributed by atoms with Gasteiger partial charge in [0.05, 0.1) is 6.04 Å². The van der Waals surface area contributed by atoms with Crippen LogP contribution in [0.1, 0.15) is 35.9 Å². The van der Waals surface area contributed by atoms with Crippen LogP contribution in [0.15, 0.2) is 42.6 Å². The molecule has 1 atom stereocenters. The van der Waals surface area contributed by atoms with Crippen LogP contribution < -0.4 is 0 Å². The quantitative estimate of drug-likeness (QED) is 0.929. The number of aromatic hydroxyl groups is 1. The lowest BCUT2D eigenvalue weighted by atomic mass is 10.1. The topological polar surface area (TPSA) is 45.5 Å². The molecule has 0 aliphatic rings. The molecule has 0 saturated carbocycles. The molecule has 0 radical (unpaired) electrons. The highest BCUT2D eigenvalue weighted by Crippen LogP contribution is 2.22. The number of carbonyl (C=O) groups is 1. The van der Waals surface area contributed by atoms with E-state index in [-0.39, 0.29) is 17.7 Å². The molecule has 2 aromatic rings. The van der Waals surface area contributed by atoms with Crippen LogP contribution in [0.3, 0.4) is 0 Å². The molecule has 106 valence electrons. The average molecular weight is 272 g/mol. The van der Waals surface area contributed by atoms with Gasteiger partial charge in [-0.25, -0.2) is 0 Å². The molecular weight excluding hydrogens is 252 g/mol. The third-order valence-electron chi connectivity index (χ3n) is 3.67. The Labute approximate surface area is 119 Å². The lowest BCUT2D eigenvalue weighted by Gasteiger charge is -2.25. The molecule has 20 heavy (non-hydrogen) atoms. The fourth-order valence-electron chi connectivity index (χ4n) is 2.22. The molecule has 0 spiro atoms. The smallest absolute Gasteiger partial charge is 0.270 e. The SMILES string of the molecule is CCn1cccc1C(=O)N(C)C(C)c1ccc(O)cc1. The van der Waals surface area contributed by atoms with Crippen LogP contribution >= 0.6 is 0 Å². The van der Waals surface area contributed by atoms with Gasteiger partial charge >= 0.3 is 0 Å². The summed E-state index contributed by atoms with van der Waals surface area (Å²) in [4.78, 5) is 14.2. The van der Waals surface area contributed by atoms with Gasteiger partial charge in [-0.3, -0.25) is 4.79 Å². The van der Waals surface area contributed by atoms with Crippen molar-refractivity contribution in [3.05, 3.63) is 53.9 Å². The van der Waals surface area contributed by atoms with Crippen molar-refractivity contribution in [1.82, 2.24) is 9.47 Å². The number of benzene rings is 1. The Balaban J connectivity index is 2.20. The molecule has 1 aromatic heterocycles. The number of nitrogens with zero attached hydrogens (tertiary/aromatic N) is 2. The predicted molar refractivity (Wildman–Crippen MR) is 78.7 cm³/mol. The van der Waals surface area contributed by atoms with Crippen LogP contribution in [0.4, 0.5) is 0 Å². The zero-order valence-corrected chi connectivity index (χ0v) is 12.1. The second kappa shape index (κ2) is 5.82. The van der Waals surface area contributed by atoms with Crippen LogP contribution in [0, 0.1) is 0 Å². The summed E-state index contributed by atoms with van der Waals surface area (Å²) in [5, 5.41) is 9.32. The molecule has 2 rings (SSSR count). The number of carbonyl (C=O) groups excluding carboxylic acids is 1. The van der Waals surface area contributed by atoms with Crippen LogP contribution in [0.5, 0.6) is 5.75 Å². The Bertz CT molecular complexity index is 587. The lowest BCUT2D eigenvalue weighted by Crippen LogP contribution is -2.31. The number of hydrogen-bond acceptors (Lipinski definition) is 2. The van der Waals surface area contributed by atoms with Crippen molar-refractivity contribution in [3.63, 3.8) is 0 Å². The Kier molecular flexibility index (Phi) is 4.13. The van der Waals surface area contributed by atoms with E-state index in [1.165, 1.54) is 0 Å². The lowest BCUT2D eigenvalue weighted by molar-refractivity contribution is 0.0732. The second-order valence-electron chi connectivity index (χ2n) is 4.86. The van der Waals surface area contributed by atoms with Crippen molar-refractivity contribution in [3.8, 4) is 5.75 Å². The first-order valence-corrected chi connectivity index (χ1v) is 6.75. The number of amides is 1. The molecule has 0 saturated heterocycles. The number of phenols is 1. The molecule has 1 heterocycles. The third kappa shape index (κ3) is 2.69. The summed E-state index contributed by atoms with van der Waals surface area (Å²) in [5.74, 6) is 0.229. The third-order valence-corrected chi connectivity index (χ3v) is 3.67. The van der Waals surface area contributed by atoms with Gasteiger partial charge < -0.3 is 14.6 Å². The van der Waals surface area contributed by atoms with Crippen molar-refractivity contribution in [1.29, 1.82) is 0 Å². The number of aryl methyl sites for hydroxylation is 1. The Hall–Kier alpha value is -2.23. The van der Waals surface area contributed by atoms with E-state index in [2.05, 4.69) is 0 Å². The first kappa shape index (κ1) is 14.2. The summed E-state index contributed by atoms with van der Waals surface area (Å²) in [6.45, 7) is 4.76. The number of phenolic OH excluding ortho intramolecular Hbond substituents is 1. The minimum absolute atomic E-state index is 0.00238. The average Bonchev–Trinajstić information content (AvgIpc) is 2.94. The van der Waals surface area contributed by atoms with Crippen LogP contribution in [0.2, 0.25) is 0 Å². The summed E-state index contributed by atoms with van der Waals surface area (Å²) < 4.78 is 1.93. The van der Waals surface area contributed by atoms with E-state index in [0.29, 0.717) is 5.69 Å². The van der Waals surface area contributed by atoms with Crippen molar-refractivity contribution in [2.75, 3.05) is 7.05 Å². The first-order valence-electron chi connectivity index (χ1n) is 6.75. The van der Waals surface area contributed by atoms with Gasteiger partial charge in [-0.05, 0) is 43.7 Å². The van der Waals surface area contributed by atoms with Gasteiger partial charge in [0.25, 0.3) is 5.91 Å². The summed E-state index contributed by atoms with van der Waals surface area (Å²) >= 11 is 0. The molecule has 1 amide bonds. The summed E-state index contributed by atoms with van der Waals surface area (Å²) in [5.41, 5.74) is 1.69. The van der Waals surface area contributed by atoms with Crippen molar-refractivity contribution in [2.24, 2.45) is 0 Å². The molecule has 1 unspecified atom stereocenters. The van der Waals surface area contributed by atoms with E-state index in [0.717, 1.165) is 12.1 Å². The molecular formula is C16H20N2O2. The van der Waals surface area contributed by atoms with Crippen molar-refractivity contribution in [2.45, 2.75) is 26.4 Å². The van der Waals surface area contributed by atoms with Crippen molar-refractivity contribution < 1.29 is 9.90 Å². The first-order chi connectivity index (χ1) is 9.54. The normalized spacial score (nSPS) is 12.2. The fraction of sp³-hybridized carbons (Fsp3) is 0.312. The largest absolute Gasteiger partial charge is 0.508 e. The summed E-state index contributed by atoms with van der Waals surface area (Å²) in [6.07, 6.45) is 1.91. The van der Waals surface area contributed by atoms with Gasteiger partial charge in [0.15, 0.2) is 0 Å². The minimum atomic E-state index is -0.0525. The van der Waals surface area contributed by atoms with E-state index in [4.69, 9.17) is 0 Å². The monoisotopic (exact) mass is 272 g/mol. The maximum absolute atomic E-state index is 12.5. The van der Waals surface area contributed by atoms with E-state index in [1.54, 1.807) is 24.1 Å². The van der Waals surface area contributed by atoms with Crippen LogP contribution in [-0.4, -0.2) is 27.5 Å². The van der Waals surface area contributed by atoms with Gasteiger partial charge in [0, 0.05) is 19.8 Å². The van der Waals surface area contributed by atoms with E-state index in [9.17, 15) is 9.90 Å². The minimum Gasteiger partial charge on any atom is -0.508 e. The molecule has 4 nitrogen and oxygen atoms in total. The van der Waals surface area contributed by atoms with E-state index >= 15 is 0 Å². The van der Waals surface area contributed by atoms with Crippen molar-refractivity contribution >= 4 is 5.91 Å². The van der Waals surface area contributed by atoms with Gasteiger partial charge in [-0.1, -0.05) is 12.1 Å². The highest BCUT2D eigenvalue weighted by molar-refractivity contribution is 5.92.